The summed E-state index contributed by atoms with van der Waals surface area (Å²) in [6.45, 7) is 4.38. The second-order valence-electron chi connectivity index (χ2n) is 3.32. The molecule has 0 aliphatic heterocycles. The van der Waals surface area contributed by atoms with E-state index in [0.717, 1.165) is 0 Å². The molecule has 0 aromatic heterocycles. The van der Waals surface area contributed by atoms with Crippen molar-refractivity contribution in [2.75, 3.05) is 39.6 Å². The van der Waals surface area contributed by atoms with E-state index in [2.05, 4.69) is 0 Å². The molecule has 0 amide bonds. The first-order valence-corrected chi connectivity index (χ1v) is 5.73. The van der Waals surface area contributed by atoms with Gasteiger partial charge >= 0.3 is 11.9 Å². The molecule has 7 nitrogen and oxygen atoms in total. The lowest BCUT2D eigenvalue weighted by atomic mass is 10.4. The minimum atomic E-state index is -1.01. The van der Waals surface area contributed by atoms with Gasteiger partial charge in [-0.05, 0) is 13.8 Å². The van der Waals surface area contributed by atoms with Crippen molar-refractivity contribution in [3.8, 4) is 0 Å². The van der Waals surface area contributed by atoms with E-state index < -0.39 is 18.0 Å². The van der Waals surface area contributed by atoms with Crippen LogP contribution < -0.4 is 0 Å². The lowest BCUT2D eigenvalue weighted by molar-refractivity contribution is -0.156. The smallest absolute Gasteiger partial charge is 0.334 e. The van der Waals surface area contributed by atoms with Crippen LogP contribution in [0.5, 0.6) is 0 Å². The molecule has 0 aliphatic carbocycles. The first kappa shape index (κ1) is 16.8. The molecule has 106 valence electrons. The van der Waals surface area contributed by atoms with Crippen LogP contribution in [-0.2, 0) is 28.5 Å². The molecular weight excluding hydrogens is 244 g/mol. The molecule has 18 heavy (non-hydrogen) atoms. The summed E-state index contributed by atoms with van der Waals surface area (Å²) in [5.41, 5.74) is 0. The van der Waals surface area contributed by atoms with Gasteiger partial charge in [-0.3, -0.25) is 0 Å². The first-order valence-electron chi connectivity index (χ1n) is 5.73. The maximum absolute atomic E-state index is 11.1. The number of aliphatic carboxylic acids is 1. The average Bonchev–Trinajstić information content (AvgIpc) is 2.32. The van der Waals surface area contributed by atoms with E-state index in [1.54, 1.807) is 13.8 Å². The van der Waals surface area contributed by atoms with E-state index >= 15 is 0 Å². The third-order valence-electron chi connectivity index (χ3n) is 1.81. The molecule has 0 aromatic rings. The molecule has 0 radical (unpaired) electrons. The molecule has 0 heterocycles. The summed E-state index contributed by atoms with van der Waals surface area (Å²) < 4.78 is 19.8. The van der Waals surface area contributed by atoms with Crippen molar-refractivity contribution in [2.24, 2.45) is 0 Å². The number of carbonyl (C=O) groups excluding carboxylic acids is 1. The van der Waals surface area contributed by atoms with Crippen LogP contribution in [0.15, 0.2) is 0 Å². The highest BCUT2D eigenvalue weighted by atomic mass is 16.6. The summed E-state index contributed by atoms with van der Waals surface area (Å²) in [5, 5.41) is 8.28. The Morgan fingerprint density at radius 3 is 2.33 bits per heavy atom. The van der Waals surface area contributed by atoms with Crippen LogP contribution in [0.25, 0.3) is 0 Å². The highest BCUT2D eigenvalue weighted by Crippen LogP contribution is 1.94. The van der Waals surface area contributed by atoms with E-state index in [4.69, 9.17) is 24.1 Å². The zero-order valence-electron chi connectivity index (χ0n) is 10.7. The van der Waals surface area contributed by atoms with Crippen LogP contribution >= 0.6 is 0 Å². The van der Waals surface area contributed by atoms with Gasteiger partial charge in [0.15, 0.2) is 6.10 Å². The van der Waals surface area contributed by atoms with Crippen molar-refractivity contribution < 1.29 is 33.6 Å². The molecule has 0 saturated heterocycles. The predicted octanol–water partition coefficient (Wildman–Crippen LogP) is 0.0724. The number of hydrogen-bond donors (Lipinski definition) is 1. The third kappa shape index (κ3) is 10.0. The molecule has 0 bridgehead atoms. The topological polar surface area (TPSA) is 91.3 Å². The maximum Gasteiger partial charge on any atom is 0.334 e. The Bertz CT molecular complexity index is 242. The van der Waals surface area contributed by atoms with E-state index in [0.29, 0.717) is 13.2 Å². The van der Waals surface area contributed by atoms with Gasteiger partial charge in [0, 0.05) is 0 Å². The number of ether oxygens (including phenoxy) is 4. The van der Waals surface area contributed by atoms with Crippen molar-refractivity contribution >= 4 is 11.9 Å². The summed E-state index contributed by atoms with van der Waals surface area (Å²) in [4.78, 5) is 21.2. The second-order valence-corrected chi connectivity index (χ2v) is 3.32. The molecule has 0 unspecified atom stereocenters. The van der Waals surface area contributed by atoms with Crippen molar-refractivity contribution in [2.45, 2.75) is 20.0 Å². The molecule has 0 fully saturated rings. The lowest BCUT2D eigenvalue weighted by Gasteiger charge is -2.11. The third-order valence-corrected chi connectivity index (χ3v) is 1.81. The van der Waals surface area contributed by atoms with Gasteiger partial charge < -0.3 is 24.1 Å². The fourth-order valence-electron chi connectivity index (χ4n) is 0.991. The Morgan fingerprint density at radius 2 is 1.72 bits per heavy atom. The zero-order chi connectivity index (χ0) is 13.8. The number of carbonyl (C=O) groups is 2. The maximum atomic E-state index is 11.1. The Hall–Kier alpha value is -1.18. The quantitative estimate of drug-likeness (QED) is 0.417. The van der Waals surface area contributed by atoms with E-state index in [9.17, 15) is 9.59 Å². The number of carboxylic acids is 1. The molecule has 0 saturated carbocycles. The first-order chi connectivity index (χ1) is 8.57. The summed E-state index contributed by atoms with van der Waals surface area (Å²) >= 11 is 0. The van der Waals surface area contributed by atoms with Crippen LogP contribution in [0.3, 0.4) is 0 Å². The second kappa shape index (κ2) is 10.9. The Morgan fingerprint density at radius 1 is 1.11 bits per heavy atom. The van der Waals surface area contributed by atoms with Crippen LogP contribution in [0.1, 0.15) is 13.8 Å². The highest BCUT2D eigenvalue weighted by Gasteiger charge is 2.13. The molecule has 0 rings (SSSR count). The van der Waals surface area contributed by atoms with Gasteiger partial charge in [0.25, 0.3) is 0 Å². The van der Waals surface area contributed by atoms with Crippen LogP contribution in [0.4, 0.5) is 0 Å². The fourth-order valence-corrected chi connectivity index (χ4v) is 0.991. The predicted molar refractivity (Wildman–Crippen MR) is 61.3 cm³/mol. The molecule has 0 spiro atoms. The number of hydrogen-bond acceptors (Lipinski definition) is 6. The standard InChI is InChI=1S/C11H20O7/c1-3-17-11(14)9(2)18-7-6-15-4-5-16-8-10(12)13/h9H,3-8H2,1-2H3,(H,12,13)/t9-/m0/s1. The lowest BCUT2D eigenvalue weighted by Crippen LogP contribution is -2.25. The van der Waals surface area contributed by atoms with Crippen LogP contribution in [0.2, 0.25) is 0 Å². The summed E-state index contributed by atoms with van der Waals surface area (Å²) in [6, 6.07) is 0. The molecule has 7 heteroatoms. The Balaban J connectivity index is 3.29. The zero-order valence-corrected chi connectivity index (χ0v) is 10.7. The minimum Gasteiger partial charge on any atom is -0.480 e. The largest absolute Gasteiger partial charge is 0.480 e. The fraction of sp³-hybridized carbons (Fsp3) is 0.818. The SMILES string of the molecule is CCOC(=O)[C@H](C)OCCOCCOCC(=O)O. The van der Waals surface area contributed by atoms with Gasteiger partial charge in [-0.15, -0.1) is 0 Å². The summed E-state index contributed by atoms with van der Waals surface area (Å²) in [5.74, 6) is -1.41. The molecule has 1 N–H and O–H groups in total. The van der Waals surface area contributed by atoms with Crippen molar-refractivity contribution in [1.82, 2.24) is 0 Å². The van der Waals surface area contributed by atoms with Gasteiger partial charge in [0.2, 0.25) is 0 Å². The number of esters is 1. The normalized spacial score (nSPS) is 12.1. The van der Waals surface area contributed by atoms with Crippen molar-refractivity contribution in [3.63, 3.8) is 0 Å². The van der Waals surface area contributed by atoms with Gasteiger partial charge in [-0.2, -0.15) is 0 Å². The van der Waals surface area contributed by atoms with E-state index in [-0.39, 0.29) is 26.4 Å². The van der Waals surface area contributed by atoms with Crippen LogP contribution in [0, 0.1) is 0 Å². The number of rotatable bonds is 11. The molecular formula is C11H20O7. The summed E-state index contributed by atoms with van der Waals surface area (Å²) in [6.07, 6.45) is -0.614. The van der Waals surface area contributed by atoms with Gasteiger partial charge in [0.05, 0.1) is 33.0 Å². The van der Waals surface area contributed by atoms with Gasteiger partial charge in [0.1, 0.15) is 6.61 Å². The van der Waals surface area contributed by atoms with Crippen molar-refractivity contribution in [1.29, 1.82) is 0 Å². The highest BCUT2D eigenvalue weighted by molar-refractivity contribution is 5.74. The van der Waals surface area contributed by atoms with Gasteiger partial charge in [-0.25, -0.2) is 9.59 Å². The molecule has 1 atom stereocenters. The van der Waals surface area contributed by atoms with E-state index in [1.165, 1.54) is 0 Å². The Labute approximate surface area is 106 Å². The van der Waals surface area contributed by atoms with E-state index in [1.807, 2.05) is 0 Å². The molecule has 0 aliphatic rings. The van der Waals surface area contributed by atoms with Gasteiger partial charge in [-0.1, -0.05) is 0 Å². The monoisotopic (exact) mass is 264 g/mol. The van der Waals surface area contributed by atoms with Crippen LogP contribution in [-0.4, -0.2) is 62.8 Å². The summed E-state index contributed by atoms with van der Waals surface area (Å²) in [7, 11) is 0. The number of carboxylic acid groups (broad SMARTS) is 1. The minimum absolute atomic E-state index is 0.208. The average molecular weight is 264 g/mol. The Kier molecular flexibility index (Phi) is 10.2. The van der Waals surface area contributed by atoms with Crippen molar-refractivity contribution in [3.05, 3.63) is 0 Å². The molecule has 0 aromatic carbocycles.